The Morgan fingerprint density at radius 3 is 2.27 bits per heavy atom. The largest absolute Gasteiger partial charge is 0.358 e. The molecule has 0 aliphatic heterocycles. The Hall–Kier alpha value is -2.98. The minimum atomic E-state index is -0.496. The molecule has 3 nitrogen and oxygen atoms in total. The van der Waals surface area contributed by atoms with Crippen LogP contribution in [0.1, 0.15) is 46.3 Å². The van der Waals surface area contributed by atoms with E-state index in [1.807, 2.05) is 36.4 Å². The topological polar surface area (TPSA) is 41.1 Å². The third-order valence-corrected chi connectivity index (χ3v) is 5.44. The monoisotopic (exact) mass is 404 g/mol. The lowest BCUT2D eigenvalue weighted by molar-refractivity contribution is -0.123. The molecule has 3 aromatic carbocycles. The number of benzene rings is 3. The summed E-state index contributed by atoms with van der Waals surface area (Å²) in [6.45, 7) is 3.84. The van der Waals surface area contributed by atoms with Crippen molar-refractivity contribution in [3.63, 3.8) is 0 Å². The molecule has 0 saturated heterocycles. The van der Waals surface area contributed by atoms with Crippen molar-refractivity contribution in [3.8, 4) is 0 Å². The van der Waals surface area contributed by atoms with Gasteiger partial charge in [-0.3, -0.25) is 10.1 Å². The fourth-order valence-corrected chi connectivity index (χ4v) is 3.61. The number of halogens is 1. The van der Waals surface area contributed by atoms with E-state index >= 15 is 0 Å². The third-order valence-electron chi connectivity index (χ3n) is 5.44. The number of likely N-dealkylation sites (N-methyl/N-ethyl adjacent to an activating group) is 1. The van der Waals surface area contributed by atoms with Crippen molar-refractivity contribution in [2.75, 3.05) is 7.05 Å². The molecule has 30 heavy (non-hydrogen) atoms. The maximum atomic E-state index is 13.9. The van der Waals surface area contributed by atoms with Crippen molar-refractivity contribution < 1.29 is 9.18 Å². The van der Waals surface area contributed by atoms with Gasteiger partial charge in [0, 0.05) is 13.1 Å². The summed E-state index contributed by atoms with van der Waals surface area (Å²) in [5.74, 6) is -0.317. The highest BCUT2D eigenvalue weighted by Crippen LogP contribution is 2.26. The molecule has 4 heteroatoms. The van der Waals surface area contributed by atoms with Gasteiger partial charge in [-0.05, 0) is 55.0 Å². The summed E-state index contributed by atoms with van der Waals surface area (Å²) >= 11 is 0. The molecule has 2 atom stereocenters. The summed E-state index contributed by atoms with van der Waals surface area (Å²) in [7, 11) is 1.64. The van der Waals surface area contributed by atoms with Crippen LogP contribution in [0.5, 0.6) is 0 Å². The summed E-state index contributed by atoms with van der Waals surface area (Å²) < 4.78 is 13.9. The molecule has 0 radical (unpaired) electrons. The van der Waals surface area contributed by atoms with Crippen molar-refractivity contribution in [3.05, 3.63) is 106 Å². The number of carbonyl (C=O) groups excluding carboxylic acids is 1. The lowest BCUT2D eigenvalue weighted by atomic mass is 9.95. The number of aryl methyl sites for hydroxylation is 3. The standard InChI is InChI=1S/C26H29FN2O/c1-18-9-11-20(12-10-18)13-16-24(22-14-15-23(27)19(2)17-22)29-25(26(30)28-3)21-7-5-4-6-8-21/h4-12,14-15,17,24-25,29H,13,16H2,1-3H3,(H,28,30)/t24-,25?/m0/s1. The molecule has 0 fully saturated rings. The van der Waals surface area contributed by atoms with Gasteiger partial charge in [-0.1, -0.05) is 72.3 Å². The zero-order valence-electron chi connectivity index (χ0n) is 17.8. The summed E-state index contributed by atoms with van der Waals surface area (Å²) in [4.78, 5) is 12.7. The van der Waals surface area contributed by atoms with Gasteiger partial charge in [-0.15, -0.1) is 0 Å². The highest BCUT2D eigenvalue weighted by Gasteiger charge is 2.24. The fraction of sp³-hybridized carbons (Fsp3) is 0.269. The van der Waals surface area contributed by atoms with Gasteiger partial charge in [0.25, 0.3) is 0 Å². The van der Waals surface area contributed by atoms with Gasteiger partial charge in [-0.2, -0.15) is 0 Å². The van der Waals surface area contributed by atoms with E-state index in [2.05, 4.69) is 41.8 Å². The Labute approximate surface area is 178 Å². The van der Waals surface area contributed by atoms with E-state index in [9.17, 15) is 9.18 Å². The second kappa shape index (κ2) is 10.2. The zero-order valence-corrected chi connectivity index (χ0v) is 17.8. The highest BCUT2D eigenvalue weighted by molar-refractivity contribution is 5.83. The third kappa shape index (κ3) is 5.55. The SMILES string of the molecule is CNC(=O)C(N[C@@H](CCc1ccc(C)cc1)c1ccc(F)c(C)c1)c1ccccc1. The Balaban J connectivity index is 1.89. The molecule has 0 spiro atoms. The molecule has 0 aliphatic rings. The molecule has 0 aromatic heterocycles. The fourth-order valence-electron chi connectivity index (χ4n) is 3.61. The average Bonchev–Trinajstić information content (AvgIpc) is 2.77. The number of nitrogens with one attached hydrogen (secondary N) is 2. The van der Waals surface area contributed by atoms with Crippen LogP contribution in [0.2, 0.25) is 0 Å². The first kappa shape index (κ1) is 21.7. The Morgan fingerprint density at radius 2 is 1.63 bits per heavy atom. The van der Waals surface area contributed by atoms with E-state index in [0.717, 1.165) is 24.0 Å². The van der Waals surface area contributed by atoms with Gasteiger partial charge in [-0.25, -0.2) is 4.39 Å². The van der Waals surface area contributed by atoms with Crippen LogP contribution in [0.25, 0.3) is 0 Å². The van der Waals surface area contributed by atoms with Crippen molar-refractivity contribution in [2.24, 2.45) is 0 Å². The number of amides is 1. The van der Waals surface area contributed by atoms with Crippen LogP contribution in [0.3, 0.4) is 0 Å². The summed E-state index contributed by atoms with van der Waals surface area (Å²) in [5.41, 5.74) is 4.95. The van der Waals surface area contributed by atoms with Crippen molar-refractivity contribution in [1.29, 1.82) is 0 Å². The smallest absolute Gasteiger partial charge is 0.241 e. The first-order valence-corrected chi connectivity index (χ1v) is 10.3. The Bertz CT molecular complexity index is 970. The van der Waals surface area contributed by atoms with Gasteiger partial charge in [0.2, 0.25) is 5.91 Å². The van der Waals surface area contributed by atoms with E-state index in [1.165, 1.54) is 17.2 Å². The van der Waals surface area contributed by atoms with Crippen LogP contribution < -0.4 is 10.6 Å². The van der Waals surface area contributed by atoms with Crippen molar-refractivity contribution in [1.82, 2.24) is 10.6 Å². The summed E-state index contributed by atoms with van der Waals surface area (Å²) in [6, 6.07) is 22.7. The van der Waals surface area contributed by atoms with Crippen molar-refractivity contribution in [2.45, 2.75) is 38.8 Å². The van der Waals surface area contributed by atoms with Crippen LogP contribution in [-0.4, -0.2) is 13.0 Å². The highest BCUT2D eigenvalue weighted by atomic mass is 19.1. The summed E-state index contributed by atoms with van der Waals surface area (Å²) in [6.07, 6.45) is 1.64. The second-order valence-electron chi connectivity index (χ2n) is 7.71. The van der Waals surface area contributed by atoms with Gasteiger partial charge >= 0.3 is 0 Å². The zero-order chi connectivity index (χ0) is 21.5. The molecule has 156 valence electrons. The Kier molecular flexibility index (Phi) is 7.36. The molecule has 1 amide bonds. The van der Waals surface area contributed by atoms with E-state index < -0.39 is 6.04 Å². The van der Waals surface area contributed by atoms with Gasteiger partial charge < -0.3 is 5.32 Å². The maximum Gasteiger partial charge on any atom is 0.241 e. The van der Waals surface area contributed by atoms with E-state index in [-0.39, 0.29) is 17.8 Å². The number of rotatable bonds is 8. The van der Waals surface area contributed by atoms with Crippen LogP contribution in [0, 0.1) is 19.7 Å². The minimum absolute atomic E-state index is 0.0969. The van der Waals surface area contributed by atoms with Crippen LogP contribution in [0.15, 0.2) is 72.8 Å². The van der Waals surface area contributed by atoms with Gasteiger partial charge in [0.15, 0.2) is 0 Å². The molecule has 0 aliphatic carbocycles. The maximum absolute atomic E-state index is 13.9. The van der Waals surface area contributed by atoms with Crippen molar-refractivity contribution >= 4 is 5.91 Å². The minimum Gasteiger partial charge on any atom is -0.358 e. The molecule has 0 heterocycles. The lowest BCUT2D eigenvalue weighted by Crippen LogP contribution is -2.38. The normalized spacial score (nSPS) is 12.9. The lowest BCUT2D eigenvalue weighted by Gasteiger charge is -2.26. The van der Waals surface area contributed by atoms with Crippen LogP contribution >= 0.6 is 0 Å². The summed E-state index contributed by atoms with van der Waals surface area (Å²) in [5, 5.41) is 6.29. The van der Waals surface area contributed by atoms with Crippen LogP contribution in [0.4, 0.5) is 4.39 Å². The molecule has 3 rings (SSSR count). The predicted molar refractivity (Wildman–Crippen MR) is 120 cm³/mol. The quantitative estimate of drug-likeness (QED) is 0.542. The Morgan fingerprint density at radius 1 is 0.933 bits per heavy atom. The van der Waals surface area contributed by atoms with E-state index in [4.69, 9.17) is 0 Å². The second-order valence-corrected chi connectivity index (χ2v) is 7.71. The molecule has 3 aromatic rings. The molecule has 1 unspecified atom stereocenters. The first-order valence-electron chi connectivity index (χ1n) is 10.3. The molecular formula is C26H29FN2O. The molecule has 0 bridgehead atoms. The molecular weight excluding hydrogens is 375 g/mol. The van der Waals surface area contributed by atoms with E-state index in [0.29, 0.717) is 5.56 Å². The molecule has 0 saturated carbocycles. The average molecular weight is 405 g/mol. The molecule has 2 N–H and O–H groups in total. The van der Waals surface area contributed by atoms with Gasteiger partial charge in [0.05, 0.1) is 0 Å². The van der Waals surface area contributed by atoms with Gasteiger partial charge in [0.1, 0.15) is 11.9 Å². The number of hydrogen-bond acceptors (Lipinski definition) is 2. The van der Waals surface area contributed by atoms with Crippen LogP contribution in [-0.2, 0) is 11.2 Å². The number of carbonyl (C=O) groups is 1. The predicted octanol–water partition coefficient (Wildman–Crippen LogP) is 5.19. The first-order chi connectivity index (χ1) is 14.5. The van der Waals surface area contributed by atoms with E-state index in [1.54, 1.807) is 20.0 Å². The number of hydrogen-bond donors (Lipinski definition) is 2.